The lowest BCUT2D eigenvalue weighted by atomic mass is 10.1. The second kappa shape index (κ2) is 10.2. The number of halogens is 1. The molecule has 1 N–H and O–H groups in total. The number of nitrogens with zero attached hydrogens (tertiary/aromatic N) is 2. The second-order valence-corrected chi connectivity index (χ2v) is 7.82. The predicted octanol–water partition coefficient (Wildman–Crippen LogP) is 3.86. The van der Waals surface area contributed by atoms with Crippen LogP contribution in [0.25, 0.3) is 0 Å². The molecule has 1 aliphatic rings. The molecule has 0 radical (unpaired) electrons. The van der Waals surface area contributed by atoms with Gasteiger partial charge in [0.15, 0.2) is 0 Å². The fourth-order valence-electron chi connectivity index (χ4n) is 3.47. The number of amides is 3. The first-order valence-corrected chi connectivity index (χ1v) is 10.2. The van der Waals surface area contributed by atoms with Crippen molar-refractivity contribution in [2.45, 2.75) is 20.0 Å². The standard InChI is InChI=1S/C23H28FN3O3/c1-17(2)14-27(22(28)20-10-6-7-11-21(20)24)16-19-15-26(12-13-30-19)23(29)25-18-8-4-3-5-9-18/h3-11,17,19H,12-16H2,1-2H3,(H,25,29). The van der Waals surface area contributed by atoms with E-state index >= 15 is 0 Å². The molecule has 2 aromatic rings. The number of hydrogen-bond acceptors (Lipinski definition) is 3. The molecule has 1 unspecified atom stereocenters. The molecule has 1 atom stereocenters. The Morgan fingerprint density at radius 3 is 2.57 bits per heavy atom. The molecule has 160 valence electrons. The number of ether oxygens (including phenoxy) is 1. The topological polar surface area (TPSA) is 61.9 Å². The van der Waals surface area contributed by atoms with Crippen molar-refractivity contribution in [1.82, 2.24) is 9.80 Å². The number of rotatable bonds is 6. The zero-order chi connectivity index (χ0) is 21.5. The maximum Gasteiger partial charge on any atom is 0.322 e. The van der Waals surface area contributed by atoms with E-state index in [2.05, 4.69) is 5.32 Å². The van der Waals surface area contributed by atoms with Gasteiger partial charge in [-0.25, -0.2) is 9.18 Å². The summed E-state index contributed by atoms with van der Waals surface area (Å²) in [6.07, 6.45) is -0.338. The van der Waals surface area contributed by atoms with Crippen LogP contribution in [0.2, 0.25) is 0 Å². The maximum atomic E-state index is 14.2. The van der Waals surface area contributed by atoms with E-state index in [0.29, 0.717) is 32.8 Å². The summed E-state index contributed by atoms with van der Waals surface area (Å²) >= 11 is 0. The number of hydrogen-bond donors (Lipinski definition) is 1. The summed E-state index contributed by atoms with van der Waals surface area (Å²) in [5.74, 6) is -0.692. The first kappa shape index (κ1) is 21.8. The fraction of sp³-hybridized carbons (Fsp3) is 0.391. The van der Waals surface area contributed by atoms with Gasteiger partial charge in [-0.05, 0) is 30.2 Å². The molecule has 0 aliphatic carbocycles. The monoisotopic (exact) mass is 413 g/mol. The summed E-state index contributed by atoms with van der Waals surface area (Å²) in [7, 11) is 0. The van der Waals surface area contributed by atoms with Crippen molar-refractivity contribution in [1.29, 1.82) is 0 Å². The molecule has 1 saturated heterocycles. The number of anilines is 1. The van der Waals surface area contributed by atoms with Gasteiger partial charge in [-0.2, -0.15) is 0 Å². The summed E-state index contributed by atoms with van der Waals surface area (Å²) in [6, 6.07) is 15.0. The fourth-order valence-corrected chi connectivity index (χ4v) is 3.47. The smallest absolute Gasteiger partial charge is 0.322 e. The van der Waals surface area contributed by atoms with E-state index in [-0.39, 0.29) is 29.5 Å². The van der Waals surface area contributed by atoms with Gasteiger partial charge < -0.3 is 19.9 Å². The van der Waals surface area contributed by atoms with E-state index in [4.69, 9.17) is 4.74 Å². The van der Waals surface area contributed by atoms with Crippen molar-refractivity contribution >= 4 is 17.6 Å². The van der Waals surface area contributed by atoms with Crippen LogP contribution in [0.15, 0.2) is 54.6 Å². The molecular formula is C23H28FN3O3. The van der Waals surface area contributed by atoms with Gasteiger partial charge in [-0.15, -0.1) is 0 Å². The van der Waals surface area contributed by atoms with Gasteiger partial charge in [-0.3, -0.25) is 4.79 Å². The lowest BCUT2D eigenvalue weighted by Gasteiger charge is -2.36. The third-order valence-corrected chi connectivity index (χ3v) is 4.85. The third-order valence-electron chi connectivity index (χ3n) is 4.85. The highest BCUT2D eigenvalue weighted by molar-refractivity contribution is 5.94. The highest BCUT2D eigenvalue weighted by atomic mass is 19.1. The second-order valence-electron chi connectivity index (χ2n) is 7.82. The van der Waals surface area contributed by atoms with Crippen LogP contribution in [0.4, 0.5) is 14.9 Å². The SMILES string of the molecule is CC(C)CN(CC1CN(C(=O)Nc2ccccc2)CCO1)C(=O)c1ccccc1F. The summed E-state index contributed by atoms with van der Waals surface area (Å²) in [4.78, 5) is 28.9. The van der Waals surface area contributed by atoms with E-state index in [1.54, 1.807) is 21.9 Å². The highest BCUT2D eigenvalue weighted by Gasteiger charge is 2.29. The van der Waals surface area contributed by atoms with Crippen LogP contribution in [0, 0.1) is 11.7 Å². The molecule has 0 spiro atoms. The Labute approximate surface area is 176 Å². The lowest BCUT2D eigenvalue weighted by Crippen LogP contribution is -2.52. The minimum absolute atomic E-state index is 0.0487. The van der Waals surface area contributed by atoms with Crippen LogP contribution >= 0.6 is 0 Å². The van der Waals surface area contributed by atoms with Crippen molar-refractivity contribution in [3.63, 3.8) is 0 Å². The Balaban J connectivity index is 1.66. The Hall–Kier alpha value is -2.93. The van der Waals surface area contributed by atoms with Crippen LogP contribution < -0.4 is 5.32 Å². The van der Waals surface area contributed by atoms with Gasteiger partial charge in [-0.1, -0.05) is 44.2 Å². The summed E-state index contributed by atoms with van der Waals surface area (Å²) in [6.45, 7) is 5.99. The molecule has 7 heteroatoms. The predicted molar refractivity (Wildman–Crippen MR) is 114 cm³/mol. The number of urea groups is 1. The normalized spacial score (nSPS) is 16.4. The summed E-state index contributed by atoms with van der Waals surface area (Å²) < 4.78 is 20.0. The molecule has 0 saturated carbocycles. The van der Waals surface area contributed by atoms with Crippen molar-refractivity contribution in [2.75, 3.05) is 38.1 Å². The third kappa shape index (κ3) is 5.79. The van der Waals surface area contributed by atoms with E-state index in [1.807, 2.05) is 44.2 Å². The molecule has 0 bridgehead atoms. The molecule has 6 nitrogen and oxygen atoms in total. The average Bonchev–Trinajstić information content (AvgIpc) is 2.74. The summed E-state index contributed by atoms with van der Waals surface area (Å²) in [5.41, 5.74) is 0.773. The molecular weight excluding hydrogens is 385 g/mol. The minimum Gasteiger partial charge on any atom is -0.373 e. The zero-order valence-corrected chi connectivity index (χ0v) is 17.4. The number of morpholine rings is 1. The maximum absolute atomic E-state index is 14.2. The Morgan fingerprint density at radius 1 is 1.17 bits per heavy atom. The molecule has 3 rings (SSSR count). The number of nitrogens with one attached hydrogen (secondary N) is 1. The number of carbonyl (C=O) groups is 2. The van der Waals surface area contributed by atoms with Gasteiger partial charge in [0.05, 0.1) is 24.8 Å². The zero-order valence-electron chi connectivity index (χ0n) is 17.4. The first-order valence-electron chi connectivity index (χ1n) is 10.2. The van der Waals surface area contributed by atoms with Crippen LogP contribution in [0.5, 0.6) is 0 Å². The van der Waals surface area contributed by atoms with Crippen LogP contribution in [0.3, 0.4) is 0 Å². The van der Waals surface area contributed by atoms with E-state index < -0.39 is 5.82 Å². The lowest BCUT2D eigenvalue weighted by molar-refractivity contribution is -0.0272. The summed E-state index contributed by atoms with van der Waals surface area (Å²) in [5, 5.41) is 2.88. The van der Waals surface area contributed by atoms with Crippen molar-refractivity contribution < 1.29 is 18.7 Å². The minimum atomic E-state index is -0.537. The number of benzene rings is 2. The molecule has 1 aliphatic heterocycles. The van der Waals surface area contributed by atoms with Crippen molar-refractivity contribution in [3.8, 4) is 0 Å². The molecule has 30 heavy (non-hydrogen) atoms. The van der Waals surface area contributed by atoms with Gasteiger partial charge in [0.1, 0.15) is 5.82 Å². The Kier molecular flexibility index (Phi) is 7.41. The van der Waals surface area contributed by atoms with E-state index in [1.165, 1.54) is 12.1 Å². The Bertz CT molecular complexity index is 860. The van der Waals surface area contributed by atoms with Crippen molar-refractivity contribution in [2.24, 2.45) is 5.92 Å². The van der Waals surface area contributed by atoms with Gasteiger partial charge in [0, 0.05) is 25.3 Å². The van der Waals surface area contributed by atoms with Crippen LogP contribution in [0.1, 0.15) is 24.2 Å². The van der Waals surface area contributed by atoms with E-state index in [9.17, 15) is 14.0 Å². The highest BCUT2D eigenvalue weighted by Crippen LogP contribution is 2.16. The molecule has 0 aromatic heterocycles. The van der Waals surface area contributed by atoms with Crippen molar-refractivity contribution in [3.05, 3.63) is 66.0 Å². The Morgan fingerprint density at radius 2 is 1.87 bits per heavy atom. The van der Waals surface area contributed by atoms with Gasteiger partial charge in [0.25, 0.3) is 5.91 Å². The average molecular weight is 413 g/mol. The van der Waals surface area contributed by atoms with Gasteiger partial charge >= 0.3 is 6.03 Å². The van der Waals surface area contributed by atoms with E-state index in [0.717, 1.165) is 5.69 Å². The number of para-hydroxylation sites is 1. The molecule has 2 aromatic carbocycles. The van der Waals surface area contributed by atoms with Crippen LogP contribution in [-0.4, -0.2) is 60.6 Å². The largest absolute Gasteiger partial charge is 0.373 e. The number of carbonyl (C=O) groups excluding carboxylic acids is 2. The van der Waals surface area contributed by atoms with Crippen LogP contribution in [-0.2, 0) is 4.74 Å². The molecule has 3 amide bonds. The first-order chi connectivity index (χ1) is 14.4. The van der Waals surface area contributed by atoms with Gasteiger partial charge in [0.2, 0.25) is 0 Å². The quantitative estimate of drug-likeness (QED) is 0.782. The molecule has 1 fully saturated rings. The molecule has 1 heterocycles.